The fraction of sp³-hybridized carbons (Fsp3) is 0.852. The fourth-order valence-corrected chi connectivity index (χ4v) is 4.96. The number of aromatic nitrogens is 2. The molecule has 4 nitrogen and oxygen atoms in total. The average Bonchev–Trinajstić information content (AvgIpc) is 2.72. The molecular formula is C27H46BrN3O. The molecule has 2 heterocycles. The maximum atomic E-state index is 6.18. The summed E-state index contributed by atoms with van der Waals surface area (Å²) in [6, 6.07) is 0. The van der Waals surface area contributed by atoms with Crippen LogP contribution in [0.5, 0.6) is 5.88 Å². The molecule has 1 saturated carbocycles. The van der Waals surface area contributed by atoms with Crippen LogP contribution < -0.4 is 9.64 Å². The second kappa shape index (κ2) is 15.1. The van der Waals surface area contributed by atoms with Crippen LogP contribution in [0.15, 0.2) is 4.47 Å². The van der Waals surface area contributed by atoms with E-state index in [1.54, 1.807) is 0 Å². The summed E-state index contributed by atoms with van der Waals surface area (Å²) in [7, 11) is 0. The number of rotatable bonds is 18. The van der Waals surface area contributed by atoms with Crippen LogP contribution in [0.25, 0.3) is 0 Å². The average molecular weight is 509 g/mol. The summed E-state index contributed by atoms with van der Waals surface area (Å²) in [4.78, 5) is 11.9. The second-order valence-corrected chi connectivity index (χ2v) is 10.7. The van der Waals surface area contributed by atoms with E-state index >= 15 is 0 Å². The lowest BCUT2D eigenvalue weighted by Crippen LogP contribution is -2.38. The number of nitrogens with zero attached hydrogens (tertiary/aromatic N) is 3. The highest BCUT2D eigenvalue weighted by Crippen LogP contribution is 2.34. The van der Waals surface area contributed by atoms with Crippen molar-refractivity contribution < 1.29 is 4.74 Å². The lowest BCUT2D eigenvalue weighted by Gasteiger charge is -2.32. The molecule has 0 aromatic carbocycles. The Hall–Kier alpha value is -0.840. The molecule has 0 bridgehead atoms. The molecular weight excluding hydrogens is 462 g/mol. The highest BCUT2D eigenvalue weighted by Gasteiger charge is 2.25. The number of unbranched alkanes of at least 4 members (excludes halogenated alkanes) is 13. The van der Waals surface area contributed by atoms with Gasteiger partial charge in [0.2, 0.25) is 11.8 Å². The minimum atomic E-state index is 0.347. The molecule has 2 fully saturated rings. The van der Waals surface area contributed by atoms with Gasteiger partial charge in [-0.15, -0.1) is 0 Å². The first-order chi connectivity index (χ1) is 15.8. The molecule has 1 aliphatic heterocycles. The van der Waals surface area contributed by atoms with Crippen molar-refractivity contribution >= 4 is 21.9 Å². The molecule has 0 spiro atoms. The third-order valence-electron chi connectivity index (χ3n) is 7.11. The molecule has 1 aliphatic carbocycles. The van der Waals surface area contributed by atoms with Crippen molar-refractivity contribution in [2.45, 2.75) is 135 Å². The van der Waals surface area contributed by atoms with E-state index in [1.807, 2.05) is 0 Å². The smallest absolute Gasteiger partial charge is 0.233 e. The van der Waals surface area contributed by atoms with Crippen molar-refractivity contribution in [1.29, 1.82) is 0 Å². The molecule has 0 atom stereocenters. The van der Waals surface area contributed by atoms with E-state index in [1.165, 1.54) is 103 Å². The van der Waals surface area contributed by atoms with Crippen LogP contribution in [0.2, 0.25) is 0 Å². The van der Waals surface area contributed by atoms with Crippen LogP contribution in [0.3, 0.4) is 0 Å². The van der Waals surface area contributed by atoms with Crippen LogP contribution in [0, 0.1) is 0 Å². The number of hydrogen-bond acceptors (Lipinski definition) is 4. The standard InChI is InChI=1S/C27H46BrN3O/c1-2-3-4-5-6-7-8-9-10-11-12-13-14-15-20-24-25(28)26(32-23-18-16-19-23)30-27(29-24)31-21-17-22-31/h23H,2-22H2,1H3. The zero-order valence-electron chi connectivity index (χ0n) is 20.6. The molecule has 182 valence electrons. The molecule has 32 heavy (non-hydrogen) atoms. The molecule has 1 aromatic rings. The normalized spacial score (nSPS) is 16.1. The topological polar surface area (TPSA) is 38.2 Å². The minimum Gasteiger partial charge on any atom is -0.473 e. The minimum absolute atomic E-state index is 0.347. The van der Waals surface area contributed by atoms with Gasteiger partial charge in [0.05, 0.1) is 5.69 Å². The highest BCUT2D eigenvalue weighted by atomic mass is 79.9. The van der Waals surface area contributed by atoms with Gasteiger partial charge in [0, 0.05) is 13.1 Å². The number of hydrogen-bond donors (Lipinski definition) is 0. The lowest BCUT2D eigenvalue weighted by molar-refractivity contribution is 0.113. The summed E-state index contributed by atoms with van der Waals surface area (Å²) in [5.41, 5.74) is 1.13. The number of ether oxygens (including phenoxy) is 1. The third kappa shape index (κ3) is 8.83. The van der Waals surface area contributed by atoms with Gasteiger partial charge in [-0.05, 0) is 54.5 Å². The molecule has 2 aliphatic rings. The predicted octanol–water partition coefficient (Wildman–Crippen LogP) is 8.40. The first kappa shape index (κ1) is 25.8. The Balaban J connectivity index is 1.28. The van der Waals surface area contributed by atoms with E-state index in [0.717, 1.165) is 54.3 Å². The molecule has 1 saturated heterocycles. The van der Waals surface area contributed by atoms with Crippen molar-refractivity contribution in [3.05, 3.63) is 10.2 Å². The van der Waals surface area contributed by atoms with E-state index in [2.05, 4.69) is 27.8 Å². The van der Waals surface area contributed by atoms with E-state index in [4.69, 9.17) is 14.7 Å². The maximum Gasteiger partial charge on any atom is 0.233 e. The summed E-state index contributed by atoms with van der Waals surface area (Å²) in [5, 5.41) is 0. The van der Waals surface area contributed by atoms with Gasteiger partial charge in [-0.25, -0.2) is 4.98 Å². The van der Waals surface area contributed by atoms with Gasteiger partial charge >= 0.3 is 0 Å². The Morgan fingerprint density at radius 1 is 0.781 bits per heavy atom. The number of aryl methyl sites for hydroxylation is 1. The quantitative estimate of drug-likeness (QED) is 0.187. The summed E-state index contributed by atoms with van der Waals surface area (Å²) < 4.78 is 7.17. The van der Waals surface area contributed by atoms with Gasteiger partial charge in [0.1, 0.15) is 10.6 Å². The fourth-order valence-electron chi connectivity index (χ4n) is 4.49. The lowest BCUT2D eigenvalue weighted by atomic mass is 9.96. The zero-order valence-corrected chi connectivity index (χ0v) is 22.1. The van der Waals surface area contributed by atoms with E-state index in [9.17, 15) is 0 Å². The van der Waals surface area contributed by atoms with E-state index < -0.39 is 0 Å². The van der Waals surface area contributed by atoms with Crippen molar-refractivity contribution in [3.63, 3.8) is 0 Å². The Kier molecular flexibility index (Phi) is 12.2. The van der Waals surface area contributed by atoms with Crippen molar-refractivity contribution in [3.8, 4) is 5.88 Å². The molecule has 3 rings (SSSR count). The van der Waals surface area contributed by atoms with E-state index in [-0.39, 0.29) is 0 Å². The van der Waals surface area contributed by atoms with Gasteiger partial charge in [-0.2, -0.15) is 4.98 Å². The monoisotopic (exact) mass is 507 g/mol. The second-order valence-electron chi connectivity index (χ2n) is 9.95. The largest absolute Gasteiger partial charge is 0.473 e. The maximum absolute atomic E-state index is 6.18. The number of halogens is 1. The Morgan fingerprint density at radius 2 is 1.34 bits per heavy atom. The third-order valence-corrected chi connectivity index (χ3v) is 7.91. The Labute approximate surface area is 205 Å². The highest BCUT2D eigenvalue weighted by molar-refractivity contribution is 9.10. The summed E-state index contributed by atoms with van der Waals surface area (Å²) in [5.74, 6) is 1.64. The molecule has 0 N–H and O–H groups in total. The molecule has 0 amide bonds. The first-order valence-electron chi connectivity index (χ1n) is 13.8. The zero-order chi connectivity index (χ0) is 22.4. The summed E-state index contributed by atoms with van der Waals surface area (Å²) >= 11 is 3.76. The van der Waals surface area contributed by atoms with Gasteiger partial charge in [-0.3, -0.25) is 0 Å². The molecule has 1 aromatic heterocycles. The van der Waals surface area contributed by atoms with Gasteiger partial charge < -0.3 is 9.64 Å². The molecule has 0 radical (unpaired) electrons. The molecule has 0 unspecified atom stereocenters. The van der Waals surface area contributed by atoms with Gasteiger partial charge in [0.15, 0.2) is 0 Å². The van der Waals surface area contributed by atoms with Crippen molar-refractivity contribution in [2.75, 3.05) is 18.0 Å². The molecule has 5 heteroatoms. The van der Waals surface area contributed by atoms with Crippen molar-refractivity contribution in [2.24, 2.45) is 0 Å². The van der Waals surface area contributed by atoms with Gasteiger partial charge in [-0.1, -0.05) is 90.4 Å². The summed E-state index contributed by atoms with van der Waals surface area (Å²) in [6.07, 6.45) is 25.7. The summed E-state index contributed by atoms with van der Waals surface area (Å²) in [6.45, 7) is 4.44. The van der Waals surface area contributed by atoms with Gasteiger partial charge in [0.25, 0.3) is 0 Å². The Morgan fingerprint density at radius 3 is 1.81 bits per heavy atom. The van der Waals surface area contributed by atoms with Crippen LogP contribution in [0.1, 0.15) is 128 Å². The number of anilines is 1. The van der Waals surface area contributed by atoms with Crippen LogP contribution in [-0.2, 0) is 6.42 Å². The first-order valence-corrected chi connectivity index (χ1v) is 14.5. The van der Waals surface area contributed by atoms with E-state index in [0.29, 0.717) is 6.10 Å². The van der Waals surface area contributed by atoms with Crippen LogP contribution in [-0.4, -0.2) is 29.2 Å². The van der Waals surface area contributed by atoms with Crippen LogP contribution in [0.4, 0.5) is 5.95 Å². The SMILES string of the molecule is CCCCCCCCCCCCCCCCc1nc(N2CCC2)nc(OC2CCC2)c1Br. The van der Waals surface area contributed by atoms with Crippen molar-refractivity contribution in [1.82, 2.24) is 9.97 Å². The Bertz CT molecular complexity index is 646. The van der Waals surface area contributed by atoms with Crippen LogP contribution >= 0.6 is 15.9 Å². The predicted molar refractivity (Wildman–Crippen MR) is 139 cm³/mol.